The maximum atomic E-state index is 4.79. The lowest BCUT2D eigenvalue weighted by Crippen LogP contribution is -2.32. The molecule has 2 N–H and O–H groups in total. The monoisotopic (exact) mass is 403 g/mol. The van der Waals surface area contributed by atoms with Gasteiger partial charge in [-0.15, -0.1) is 0 Å². The SMILES string of the molecule is CN(C)c1nc(NC2CCC(CNCCc3ccccc3)CC2)nc2ccccc12. The van der Waals surface area contributed by atoms with Crippen LogP contribution >= 0.6 is 0 Å². The summed E-state index contributed by atoms with van der Waals surface area (Å²) in [5.74, 6) is 2.50. The quantitative estimate of drug-likeness (QED) is 0.543. The number of anilines is 2. The van der Waals surface area contributed by atoms with Crippen LogP contribution in [0.2, 0.25) is 0 Å². The van der Waals surface area contributed by atoms with Crippen LogP contribution in [0.25, 0.3) is 10.9 Å². The van der Waals surface area contributed by atoms with Crippen molar-refractivity contribution in [3.8, 4) is 0 Å². The lowest BCUT2D eigenvalue weighted by atomic mass is 9.86. The Morgan fingerprint density at radius 2 is 1.63 bits per heavy atom. The van der Waals surface area contributed by atoms with Gasteiger partial charge in [0.1, 0.15) is 5.82 Å². The van der Waals surface area contributed by atoms with E-state index >= 15 is 0 Å². The van der Waals surface area contributed by atoms with Crippen LogP contribution in [0.4, 0.5) is 11.8 Å². The summed E-state index contributed by atoms with van der Waals surface area (Å²) in [5, 5.41) is 8.36. The number of para-hydroxylation sites is 1. The average Bonchev–Trinajstić information content (AvgIpc) is 2.78. The Kier molecular flexibility index (Phi) is 6.80. The van der Waals surface area contributed by atoms with Crippen LogP contribution in [-0.4, -0.2) is 43.2 Å². The molecule has 1 aromatic heterocycles. The fourth-order valence-electron chi connectivity index (χ4n) is 4.34. The molecule has 1 aliphatic rings. The smallest absolute Gasteiger partial charge is 0.225 e. The number of rotatable bonds is 8. The van der Waals surface area contributed by atoms with Crippen LogP contribution in [0.15, 0.2) is 54.6 Å². The first-order valence-corrected chi connectivity index (χ1v) is 11.1. The third-order valence-electron chi connectivity index (χ3n) is 6.05. The van der Waals surface area contributed by atoms with Gasteiger partial charge in [0, 0.05) is 25.5 Å². The fourth-order valence-corrected chi connectivity index (χ4v) is 4.34. The zero-order chi connectivity index (χ0) is 20.8. The molecule has 30 heavy (non-hydrogen) atoms. The summed E-state index contributed by atoms with van der Waals surface area (Å²) < 4.78 is 0. The highest BCUT2D eigenvalue weighted by molar-refractivity contribution is 5.90. The van der Waals surface area contributed by atoms with E-state index in [1.54, 1.807) is 0 Å². The molecular weight excluding hydrogens is 370 g/mol. The van der Waals surface area contributed by atoms with Gasteiger partial charge in [0.25, 0.3) is 0 Å². The second-order valence-electron chi connectivity index (χ2n) is 8.58. The molecule has 158 valence electrons. The van der Waals surface area contributed by atoms with Crippen molar-refractivity contribution in [2.75, 3.05) is 37.4 Å². The summed E-state index contributed by atoms with van der Waals surface area (Å²) in [6.07, 6.45) is 5.97. The van der Waals surface area contributed by atoms with Gasteiger partial charge < -0.3 is 15.5 Å². The van der Waals surface area contributed by atoms with Gasteiger partial charge in [-0.25, -0.2) is 4.98 Å². The highest BCUT2D eigenvalue weighted by Gasteiger charge is 2.22. The Labute approximate surface area is 179 Å². The molecule has 1 aliphatic carbocycles. The summed E-state index contributed by atoms with van der Waals surface area (Å²) >= 11 is 0. The third-order valence-corrected chi connectivity index (χ3v) is 6.05. The first kappa shape index (κ1) is 20.6. The Bertz CT molecular complexity index is 933. The molecule has 1 heterocycles. The van der Waals surface area contributed by atoms with Crippen LogP contribution in [0, 0.1) is 5.92 Å². The number of aromatic nitrogens is 2. The normalized spacial score (nSPS) is 19.0. The molecule has 0 spiro atoms. The van der Waals surface area contributed by atoms with Crippen LogP contribution in [0.1, 0.15) is 31.2 Å². The molecule has 1 fully saturated rings. The first-order valence-electron chi connectivity index (χ1n) is 11.1. The molecule has 0 saturated heterocycles. The molecule has 0 unspecified atom stereocenters. The molecule has 0 bridgehead atoms. The second kappa shape index (κ2) is 9.90. The van der Waals surface area contributed by atoms with E-state index < -0.39 is 0 Å². The van der Waals surface area contributed by atoms with Gasteiger partial charge in [0.05, 0.1) is 5.52 Å². The highest BCUT2D eigenvalue weighted by Crippen LogP contribution is 2.28. The molecule has 1 saturated carbocycles. The minimum Gasteiger partial charge on any atom is -0.362 e. The predicted molar refractivity (Wildman–Crippen MR) is 126 cm³/mol. The number of hydrogen-bond acceptors (Lipinski definition) is 5. The van der Waals surface area contributed by atoms with Crippen LogP contribution in [0.3, 0.4) is 0 Å². The molecule has 0 atom stereocenters. The number of nitrogens with zero attached hydrogens (tertiary/aromatic N) is 3. The molecule has 3 aromatic rings. The summed E-state index contributed by atoms with van der Waals surface area (Å²) in [7, 11) is 4.07. The van der Waals surface area contributed by atoms with Crippen molar-refractivity contribution in [2.24, 2.45) is 5.92 Å². The van der Waals surface area contributed by atoms with Crippen molar-refractivity contribution in [3.63, 3.8) is 0 Å². The third kappa shape index (κ3) is 5.28. The summed E-state index contributed by atoms with van der Waals surface area (Å²) in [6, 6.07) is 19.4. The van der Waals surface area contributed by atoms with Crippen molar-refractivity contribution in [3.05, 3.63) is 60.2 Å². The number of benzene rings is 2. The molecular formula is C25H33N5. The number of hydrogen-bond donors (Lipinski definition) is 2. The van der Waals surface area contributed by atoms with Crippen molar-refractivity contribution in [2.45, 2.75) is 38.1 Å². The summed E-state index contributed by atoms with van der Waals surface area (Å²) in [5.41, 5.74) is 2.40. The standard InChI is InChI=1S/C25H33N5/c1-30(2)24-22-10-6-7-11-23(22)28-25(29-24)27-21-14-12-20(13-15-21)18-26-17-16-19-8-4-3-5-9-19/h3-11,20-21,26H,12-18H2,1-2H3,(H,27,28,29). The van der Waals surface area contributed by atoms with E-state index in [9.17, 15) is 0 Å². The largest absolute Gasteiger partial charge is 0.362 e. The lowest BCUT2D eigenvalue weighted by molar-refractivity contribution is 0.325. The Morgan fingerprint density at radius 1 is 0.900 bits per heavy atom. The maximum absolute atomic E-state index is 4.79. The summed E-state index contributed by atoms with van der Waals surface area (Å²) in [4.78, 5) is 11.6. The van der Waals surface area contributed by atoms with E-state index in [-0.39, 0.29) is 0 Å². The maximum Gasteiger partial charge on any atom is 0.225 e. The Hall–Kier alpha value is -2.66. The lowest BCUT2D eigenvalue weighted by Gasteiger charge is -2.29. The van der Waals surface area contributed by atoms with Gasteiger partial charge >= 0.3 is 0 Å². The van der Waals surface area contributed by atoms with Crippen molar-refractivity contribution < 1.29 is 0 Å². The molecule has 2 aromatic carbocycles. The molecule has 5 heteroatoms. The second-order valence-corrected chi connectivity index (χ2v) is 8.58. The molecule has 0 radical (unpaired) electrons. The average molecular weight is 404 g/mol. The fraction of sp³-hybridized carbons (Fsp3) is 0.440. The van der Waals surface area contributed by atoms with E-state index in [1.807, 2.05) is 26.2 Å². The van der Waals surface area contributed by atoms with Gasteiger partial charge in [-0.05, 0) is 68.8 Å². The predicted octanol–water partition coefficient (Wildman–Crippen LogP) is 4.50. The van der Waals surface area contributed by atoms with Gasteiger partial charge in [-0.1, -0.05) is 42.5 Å². The van der Waals surface area contributed by atoms with Crippen molar-refractivity contribution in [1.29, 1.82) is 0 Å². The van der Waals surface area contributed by atoms with E-state index in [1.165, 1.54) is 31.2 Å². The van der Waals surface area contributed by atoms with Gasteiger partial charge in [0.15, 0.2) is 0 Å². The van der Waals surface area contributed by atoms with E-state index in [2.05, 4.69) is 58.0 Å². The number of nitrogens with one attached hydrogen (secondary N) is 2. The molecule has 0 aliphatic heterocycles. The minimum absolute atomic E-state index is 0.460. The van der Waals surface area contributed by atoms with Gasteiger partial charge in [-0.3, -0.25) is 0 Å². The summed E-state index contributed by atoms with van der Waals surface area (Å²) in [6.45, 7) is 2.18. The minimum atomic E-state index is 0.460. The number of fused-ring (bicyclic) bond motifs is 1. The van der Waals surface area contributed by atoms with E-state index in [0.717, 1.165) is 48.1 Å². The van der Waals surface area contributed by atoms with Crippen molar-refractivity contribution >= 4 is 22.7 Å². The zero-order valence-corrected chi connectivity index (χ0v) is 18.1. The van der Waals surface area contributed by atoms with E-state index in [4.69, 9.17) is 9.97 Å². The molecule has 0 amide bonds. The van der Waals surface area contributed by atoms with Gasteiger partial charge in [-0.2, -0.15) is 4.98 Å². The zero-order valence-electron chi connectivity index (χ0n) is 18.1. The topological polar surface area (TPSA) is 53.1 Å². The highest BCUT2D eigenvalue weighted by atomic mass is 15.2. The Morgan fingerprint density at radius 3 is 2.40 bits per heavy atom. The van der Waals surface area contributed by atoms with Crippen LogP contribution in [-0.2, 0) is 6.42 Å². The van der Waals surface area contributed by atoms with Gasteiger partial charge in [0.2, 0.25) is 5.95 Å². The van der Waals surface area contributed by atoms with E-state index in [0.29, 0.717) is 6.04 Å². The van der Waals surface area contributed by atoms with Crippen LogP contribution in [0.5, 0.6) is 0 Å². The van der Waals surface area contributed by atoms with Crippen LogP contribution < -0.4 is 15.5 Å². The molecule has 4 rings (SSSR count). The molecule has 5 nitrogen and oxygen atoms in total. The first-order chi connectivity index (χ1) is 14.7. The van der Waals surface area contributed by atoms with Crippen molar-refractivity contribution in [1.82, 2.24) is 15.3 Å². The Balaban J connectivity index is 1.26.